The van der Waals surface area contributed by atoms with Crippen LogP contribution >= 0.6 is 0 Å². The first kappa shape index (κ1) is 10.6. The number of benzene rings is 1. The van der Waals surface area contributed by atoms with Crippen LogP contribution < -0.4 is 0 Å². The summed E-state index contributed by atoms with van der Waals surface area (Å²) < 4.78 is 29.5. The molecule has 2 rings (SSSR count). The Morgan fingerprint density at radius 3 is 2.67 bits per heavy atom. The molecule has 0 unspecified atom stereocenters. The summed E-state index contributed by atoms with van der Waals surface area (Å²) >= 11 is 0. The average molecular weight is 226 g/mol. The van der Waals surface area contributed by atoms with Crippen molar-refractivity contribution < 1.29 is 13.2 Å². The zero-order valence-electron chi connectivity index (χ0n) is 8.64. The van der Waals surface area contributed by atoms with E-state index in [2.05, 4.69) is 0 Å². The molecule has 1 aliphatic heterocycles. The SMILES string of the molecule is Cc1ccccc1S(=O)(=O)[C@@H]1CCOC1. The zero-order chi connectivity index (χ0) is 10.9. The Morgan fingerprint density at radius 2 is 2.07 bits per heavy atom. The third-order valence-electron chi connectivity index (χ3n) is 2.73. The molecule has 1 aromatic carbocycles. The fraction of sp³-hybridized carbons (Fsp3) is 0.455. The van der Waals surface area contributed by atoms with E-state index in [1.165, 1.54) is 0 Å². The van der Waals surface area contributed by atoms with Gasteiger partial charge in [-0.05, 0) is 25.0 Å². The molecule has 1 aromatic rings. The molecule has 1 atom stereocenters. The van der Waals surface area contributed by atoms with Crippen LogP contribution in [0.15, 0.2) is 29.2 Å². The highest BCUT2D eigenvalue weighted by Gasteiger charge is 2.31. The van der Waals surface area contributed by atoms with E-state index in [0.29, 0.717) is 24.5 Å². The second-order valence-corrected chi connectivity index (χ2v) is 5.99. The third-order valence-corrected chi connectivity index (χ3v) is 5.05. The molecule has 0 spiro atoms. The van der Waals surface area contributed by atoms with Gasteiger partial charge in [-0.15, -0.1) is 0 Å². The van der Waals surface area contributed by atoms with Crippen molar-refractivity contribution in [1.29, 1.82) is 0 Å². The van der Waals surface area contributed by atoms with Gasteiger partial charge in [0, 0.05) is 6.61 Å². The van der Waals surface area contributed by atoms with Gasteiger partial charge in [-0.3, -0.25) is 0 Å². The Balaban J connectivity index is 2.41. The molecule has 1 saturated heterocycles. The number of hydrogen-bond donors (Lipinski definition) is 0. The predicted molar refractivity (Wildman–Crippen MR) is 57.6 cm³/mol. The third kappa shape index (κ3) is 1.92. The van der Waals surface area contributed by atoms with Crippen LogP contribution in [-0.4, -0.2) is 26.9 Å². The summed E-state index contributed by atoms with van der Waals surface area (Å²) in [5.41, 5.74) is 0.810. The van der Waals surface area contributed by atoms with Crippen LogP contribution in [0.25, 0.3) is 0 Å². The summed E-state index contributed by atoms with van der Waals surface area (Å²) in [5, 5.41) is -0.362. The molecule has 82 valence electrons. The first-order chi connectivity index (χ1) is 7.12. The fourth-order valence-corrected chi connectivity index (χ4v) is 3.64. The van der Waals surface area contributed by atoms with Gasteiger partial charge in [0.1, 0.15) is 0 Å². The molecule has 3 nitrogen and oxygen atoms in total. The first-order valence-electron chi connectivity index (χ1n) is 4.99. The van der Waals surface area contributed by atoms with Gasteiger partial charge in [0.15, 0.2) is 9.84 Å². The Hall–Kier alpha value is -0.870. The minimum atomic E-state index is -3.19. The van der Waals surface area contributed by atoms with Crippen LogP contribution in [0, 0.1) is 6.92 Å². The lowest BCUT2D eigenvalue weighted by atomic mass is 10.2. The summed E-state index contributed by atoms with van der Waals surface area (Å²) in [6.45, 7) is 2.70. The lowest BCUT2D eigenvalue weighted by Gasteiger charge is -2.11. The number of aryl methyl sites for hydroxylation is 1. The molecular weight excluding hydrogens is 212 g/mol. The zero-order valence-corrected chi connectivity index (χ0v) is 9.46. The van der Waals surface area contributed by atoms with Crippen LogP contribution in [0.2, 0.25) is 0 Å². The van der Waals surface area contributed by atoms with Gasteiger partial charge in [0.2, 0.25) is 0 Å². The Kier molecular flexibility index (Phi) is 2.80. The van der Waals surface area contributed by atoms with Crippen LogP contribution in [0.3, 0.4) is 0 Å². The van der Waals surface area contributed by atoms with Crippen LogP contribution in [0.4, 0.5) is 0 Å². The lowest BCUT2D eigenvalue weighted by molar-refractivity contribution is 0.198. The van der Waals surface area contributed by atoms with Crippen molar-refractivity contribution in [2.75, 3.05) is 13.2 Å². The molecular formula is C11H14O3S. The summed E-state index contributed by atoms with van der Waals surface area (Å²) in [7, 11) is -3.19. The van der Waals surface area contributed by atoms with Crippen molar-refractivity contribution in [1.82, 2.24) is 0 Å². The van der Waals surface area contributed by atoms with E-state index < -0.39 is 9.84 Å². The normalized spacial score (nSPS) is 21.8. The maximum atomic E-state index is 12.2. The van der Waals surface area contributed by atoms with E-state index in [-0.39, 0.29) is 5.25 Å². The van der Waals surface area contributed by atoms with Crippen molar-refractivity contribution in [2.45, 2.75) is 23.5 Å². The summed E-state index contributed by atoms with van der Waals surface area (Å²) in [6.07, 6.45) is 0.608. The van der Waals surface area contributed by atoms with Gasteiger partial charge in [0.25, 0.3) is 0 Å². The van der Waals surface area contributed by atoms with E-state index in [0.717, 1.165) is 5.56 Å². The topological polar surface area (TPSA) is 43.4 Å². The second-order valence-electron chi connectivity index (χ2n) is 3.80. The molecule has 0 aromatic heterocycles. The van der Waals surface area contributed by atoms with Crippen molar-refractivity contribution >= 4 is 9.84 Å². The van der Waals surface area contributed by atoms with Crippen LogP contribution in [0.1, 0.15) is 12.0 Å². The minimum absolute atomic E-state index is 0.330. The molecule has 0 amide bonds. The van der Waals surface area contributed by atoms with E-state index in [1.54, 1.807) is 12.1 Å². The fourth-order valence-electron chi connectivity index (χ4n) is 1.81. The van der Waals surface area contributed by atoms with Crippen molar-refractivity contribution in [3.05, 3.63) is 29.8 Å². The Morgan fingerprint density at radius 1 is 1.33 bits per heavy atom. The molecule has 0 radical (unpaired) electrons. The average Bonchev–Trinajstić information content (AvgIpc) is 2.71. The molecule has 4 heteroatoms. The highest BCUT2D eigenvalue weighted by molar-refractivity contribution is 7.92. The Bertz CT molecular complexity index is 445. The number of ether oxygens (including phenoxy) is 1. The standard InChI is InChI=1S/C11H14O3S/c1-9-4-2-3-5-11(9)15(12,13)10-6-7-14-8-10/h2-5,10H,6-8H2,1H3/t10-/m1/s1. The van der Waals surface area contributed by atoms with Gasteiger partial charge in [-0.25, -0.2) is 8.42 Å². The molecule has 0 bridgehead atoms. The van der Waals surface area contributed by atoms with Gasteiger partial charge in [0.05, 0.1) is 16.8 Å². The largest absolute Gasteiger partial charge is 0.380 e. The first-order valence-corrected chi connectivity index (χ1v) is 6.54. The van der Waals surface area contributed by atoms with Gasteiger partial charge in [-0.1, -0.05) is 18.2 Å². The minimum Gasteiger partial charge on any atom is -0.380 e. The number of sulfone groups is 1. The predicted octanol–water partition coefficient (Wildman–Crippen LogP) is 1.56. The summed E-state index contributed by atoms with van der Waals surface area (Å²) in [6, 6.07) is 7.10. The van der Waals surface area contributed by atoms with E-state index in [4.69, 9.17) is 4.74 Å². The monoisotopic (exact) mass is 226 g/mol. The van der Waals surface area contributed by atoms with Crippen LogP contribution in [0.5, 0.6) is 0 Å². The second kappa shape index (κ2) is 3.94. The van der Waals surface area contributed by atoms with Gasteiger partial charge < -0.3 is 4.74 Å². The summed E-state index contributed by atoms with van der Waals surface area (Å²) in [5.74, 6) is 0. The molecule has 1 fully saturated rings. The quantitative estimate of drug-likeness (QED) is 0.768. The lowest BCUT2D eigenvalue weighted by Crippen LogP contribution is -2.22. The molecule has 0 aliphatic carbocycles. The van der Waals surface area contributed by atoms with E-state index in [1.807, 2.05) is 19.1 Å². The van der Waals surface area contributed by atoms with Gasteiger partial charge in [-0.2, -0.15) is 0 Å². The van der Waals surface area contributed by atoms with Crippen molar-refractivity contribution in [3.63, 3.8) is 0 Å². The van der Waals surface area contributed by atoms with Crippen LogP contribution in [-0.2, 0) is 14.6 Å². The maximum absolute atomic E-state index is 12.2. The maximum Gasteiger partial charge on any atom is 0.183 e. The molecule has 0 saturated carbocycles. The Labute approximate surface area is 90.0 Å². The molecule has 1 aliphatic rings. The van der Waals surface area contributed by atoms with E-state index >= 15 is 0 Å². The highest BCUT2D eigenvalue weighted by Crippen LogP contribution is 2.24. The molecule has 1 heterocycles. The summed E-state index contributed by atoms with van der Waals surface area (Å²) in [4.78, 5) is 0.445. The smallest absolute Gasteiger partial charge is 0.183 e. The molecule has 0 N–H and O–H groups in total. The van der Waals surface area contributed by atoms with Gasteiger partial charge >= 0.3 is 0 Å². The van der Waals surface area contributed by atoms with Crippen molar-refractivity contribution in [3.8, 4) is 0 Å². The molecule has 15 heavy (non-hydrogen) atoms. The van der Waals surface area contributed by atoms with E-state index in [9.17, 15) is 8.42 Å². The number of hydrogen-bond acceptors (Lipinski definition) is 3. The van der Waals surface area contributed by atoms with Crippen molar-refractivity contribution in [2.24, 2.45) is 0 Å². The highest BCUT2D eigenvalue weighted by atomic mass is 32.2. The number of rotatable bonds is 2.